The molecule has 0 saturated heterocycles. The van der Waals surface area contributed by atoms with Crippen molar-refractivity contribution in [3.05, 3.63) is 29.8 Å². The smallest absolute Gasteiger partial charge is 0.119 e. The molecule has 0 bridgehead atoms. The summed E-state index contributed by atoms with van der Waals surface area (Å²) in [7, 11) is 0. The molecule has 2 heteroatoms. The van der Waals surface area contributed by atoms with Gasteiger partial charge in [0.25, 0.3) is 0 Å². The molecular weight excluding hydrogens is 186 g/mol. The summed E-state index contributed by atoms with van der Waals surface area (Å²) in [5.41, 5.74) is 6.83. The lowest BCUT2D eigenvalue weighted by Crippen LogP contribution is -1.98. The molecule has 0 atom stereocenters. The Labute approximate surface area is 92.4 Å². The van der Waals surface area contributed by atoms with Crippen molar-refractivity contribution in [1.29, 1.82) is 0 Å². The molecule has 0 aromatic heterocycles. The zero-order chi connectivity index (χ0) is 10.9. The van der Waals surface area contributed by atoms with Gasteiger partial charge in [0, 0.05) is 0 Å². The predicted molar refractivity (Wildman–Crippen MR) is 64.2 cm³/mol. The predicted octanol–water partition coefficient (Wildman–Crippen LogP) is 2.76. The van der Waals surface area contributed by atoms with E-state index < -0.39 is 0 Å². The Morgan fingerprint density at radius 2 is 1.80 bits per heavy atom. The molecule has 0 fully saturated rings. The normalized spacial score (nSPS) is 10.3. The molecule has 0 heterocycles. The van der Waals surface area contributed by atoms with Crippen molar-refractivity contribution in [1.82, 2.24) is 0 Å². The number of aryl methyl sites for hydroxylation is 1. The Balaban J connectivity index is 2.29. The van der Waals surface area contributed by atoms with E-state index in [4.69, 9.17) is 10.5 Å². The van der Waals surface area contributed by atoms with Crippen molar-refractivity contribution in [2.24, 2.45) is 5.73 Å². The Bertz CT molecular complexity index is 256. The molecule has 0 radical (unpaired) electrons. The summed E-state index contributed by atoms with van der Waals surface area (Å²) < 4.78 is 5.39. The average molecular weight is 207 g/mol. The Morgan fingerprint density at radius 3 is 2.40 bits per heavy atom. The van der Waals surface area contributed by atoms with Crippen LogP contribution >= 0.6 is 0 Å². The van der Waals surface area contributed by atoms with Gasteiger partial charge in [-0.05, 0) is 50.4 Å². The van der Waals surface area contributed by atoms with Gasteiger partial charge in [-0.1, -0.05) is 18.6 Å². The van der Waals surface area contributed by atoms with Crippen LogP contribution in [0.2, 0.25) is 0 Å². The summed E-state index contributed by atoms with van der Waals surface area (Å²) in [4.78, 5) is 0. The van der Waals surface area contributed by atoms with Crippen LogP contribution < -0.4 is 10.5 Å². The molecule has 15 heavy (non-hydrogen) atoms. The van der Waals surface area contributed by atoms with E-state index in [9.17, 15) is 0 Å². The van der Waals surface area contributed by atoms with E-state index in [0.29, 0.717) is 0 Å². The van der Waals surface area contributed by atoms with E-state index in [1.165, 1.54) is 18.4 Å². The third-order valence-electron chi connectivity index (χ3n) is 2.40. The second-order valence-electron chi connectivity index (χ2n) is 3.68. The van der Waals surface area contributed by atoms with Gasteiger partial charge in [0.2, 0.25) is 0 Å². The number of rotatable bonds is 7. The fourth-order valence-electron chi connectivity index (χ4n) is 1.57. The zero-order valence-electron chi connectivity index (χ0n) is 9.54. The fourth-order valence-corrected chi connectivity index (χ4v) is 1.57. The molecule has 2 nitrogen and oxygen atoms in total. The van der Waals surface area contributed by atoms with Crippen LogP contribution in [0.4, 0.5) is 0 Å². The minimum Gasteiger partial charge on any atom is -0.494 e. The Morgan fingerprint density at radius 1 is 1.07 bits per heavy atom. The monoisotopic (exact) mass is 207 g/mol. The third kappa shape index (κ3) is 4.84. The summed E-state index contributed by atoms with van der Waals surface area (Å²) in [6.07, 6.45) is 4.73. The molecule has 1 aromatic carbocycles. The molecule has 0 saturated carbocycles. The van der Waals surface area contributed by atoms with Gasteiger partial charge in [0.1, 0.15) is 5.75 Å². The number of unbranched alkanes of at least 4 members (excludes halogenated alkanes) is 2. The summed E-state index contributed by atoms with van der Waals surface area (Å²) in [6, 6.07) is 8.38. The lowest BCUT2D eigenvalue weighted by molar-refractivity contribution is 0.340. The highest BCUT2D eigenvalue weighted by Gasteiger charge is 1.95. The van der Waals surface area contributed by atoms with E-state index in [0.717, 1.165) is 31.7 Å². The number of nitrogens with two attached hydrogens (primary N) is 1. The van der Waals surface area contributed by atoms with Gasteiger partial charge in [-0.2, -0.15) is 0 Å². The third-order valence-corrected chi connectivity index (χ3v) is 2.40. The van der Waals surface area contributed by atoms with Gasteiger partial charge in [0.15, 0.2) is 0 Å². The van der Waals surface area contributed by atoms with Gasteiger partial charge < -0.3 is 10.5 Å². The van der Waals surface area contributed by atoms with Crippen LogP contribution in [0.5, 0.6) is 5.75 Å². The Hall–Kier alpha value is -1.02. The van der Waals surface area contributed by atoms with Crippen LogP contribution in [0.15, 0.2) is 24.3 Å². The highest BCUT2D eigenvalue weighted by molar-refractivity contribution is 5.27. The summed E-state index contributed by atoms with van der Waals surface area (Å²) in [5.74, 6) is 0.961. The summed E-state index contributed by atoms with van der Waals surface area (Å²) in [5, 5.41) is 0. The molecule has 1 rings (SSSR count). The first-order chi connectivity index (χ1) is 7.36. The number of hydrogen-bond donors (Lipinski definition) is 1. The van der Waals surface area contributed by atoms with Crippen LogP contribution in [0.1, 0.15) is 31.7 Å². The van der Waals surface area contributed by atoms with Crippen LogP contribution in [0, 0.1) is 0 Å². The first-order valence-corrected chi connectivity index (χ1v) is 5.78. The first kappa shape index (κ1) is 12.1. The maximum atomic E-state index is 5.44. The SMILES string of the molecule is CCOc1ccc(CCCCCN)cc1. The van der Waals surface area contributed by atoms with Crippen LogP contribution in [-0.4, -0.2) is 13.2 Å². The highest BCUT2D eigenvalue weighted by Crippen LogP contribution is 2.13. The summed E-state index contributed by atoms with van der Waals surface area (Å²) >= 11 is 0. The molecule has 0 aliphatic heterocycles. The maximum absolute atomic E-state index is 5.44. The number of benzene rings is 1. The second-order valence-corrected chi connectivity index (χ2v) is 3.68. The van der Waals surface area contributed by atoms with Crippen molar-refractivity contribution in [2.45, 2.75) is 32.6 Å². The second kappa shape index (κ2) is 7.30. The number of hydrogen-bond acceptors (Lipinski definition) is 2. The molecule has 84 valence electrons. The molecular formula is C13H21NO. The minimum atomic E-state index is 0.732. The quantitative estimate of drug-likeness (QED) is 0.698. The van der Waals surface area contributed by atoms with Crippen molar-refractivity contribution in [2.75, 3.05) is 13.2 Å². The largest absolute Gasteiger partial charge is 0.494 e. The maximum Gasteiger partial charge on any atom is 0.119 e. The van der Waals surface area contributed by atoms with Gasteiger partial charge in [-0.3, -0.25) is 0 Å². The van der Waals surface area contributed by atoms with Crippen LogP contribution in [0.25, 0.3) is 0 Å². The number of ether oxygens (including phenoxy) is 1. The van der Waals surface area contributed by atoms with E-state index >= 15 is 0 Å². The van der Waals surface area contributed by atoms with Gasteiger partial charge in [-0.25, -0.2) is 0 Å². The van der Waals surface area contributed by atoms with Crippen LogP contribution in [-0.2, 0) is 6.42 Å². The first-order valence-electron chi connectivity index (χ1n) is 5.78. The topological polar surface area (TPSA) is 35.2 Å². The zero-order valence-corrected chi connectivity index (χ0v) is 9.54. The molecule has 0 amide bonds. The van der Waals surface area contributed by atoms with Gasteiger partial charge in [0.05, 0.1) is 6.61 Å². The Kier molecular flexibility index (Phi) is 5.86. The molecule has 1 aromatic rings. The van der Waals surface area contributed by atoms with Crippen molar-refractivity contribution in [3.63, 3.8) is 0 Å². The standard InChI is InChI=1S/C13H21NO/c1-2-15-13-9-7-12(8-10-13)6-4-3-5-11-14/h7-10H,2-6,11,14H2,1H3. The van der Waals surface area contributed by atoms with E-state index in [1.807, 2.05) is 19.1 Å². The van der Waals surface area contributed by atoms with Gasteiger partial charge in [-0.15, -0.1) is 0 Å². The molecule has 2 N–H and O–H groups in total. The lowest BCUT2D eigenvalue weighted by Gasteiger charge is -2.04. The van der Waals surface area contributed by atoms with Crippen molar-refractivity contribution < 1.29 is 4.74 Å². The molecule has 0 aliphatic rings. The minimum absolute atomic E-state index is 0.732. The highest BCUT2D eigenvalue weighted by atomic mass is 16.5. The fraction of sp³-hybridized carbons (Fsp3) is 0.538. The van der Waals surface area contributed by atoms with Crippen LogP contribution in [0.3, 0.4) is 0 Å². The van der Waals surface area contributed by atoms with Crippen molar-refractivity contribution >= 4 is 0 Å². The van der Waals surface area contributed by atoms with E-state index in [1.54, 1.807) is 0 Å². The van der Waals surface area contributed by atoms with E-state index in [-0.39, 0.29) is 0 Å². The van der Waals surface area contributed by atoms with Crippen molar-refractivity contribution in [3.8, 4) is 5.75 Å². The summed E-state index contributed by atoms with van der Waals surface area (Å²) in [6.45, 7) is 3.54. The van der Waals surface area contributed by atoms with E-state index in [2.05, 4.69) is 12.1 Å². The lowest BCUT2D eigenvalue weighted by atomic mass is 10.1. The molecule has 0 unspecified atom stereocenters. The molecule has 0 aliphatic carbocycles. The average Bonchev–Trinajstić information content (AvgIpc) is 2.27. The molecule has 0 spiro atoms. The van der Waals surface area contributed by atoms with Gasteiger partial charge >= 0.3 is 0 Å².